The zero-order valence-electron chi connectivity index (χ0n) is 14.4. The van der Waals surface area contributed by atoms with E-state index in [1.165, 1.54) is 4.88 Å². The number of nitrogens with zero attached hydrogens (tertiary/aromatic N) is 3. The van der Waals surface area contributed by atoms with Crippen molar-refractivity contribution in [3.05, 3.63) is 16.6 Å². The van der Waals surface area contributed by atoms with E-state index in [0.717, 1.165) is 52.2 Å². The molecule has 130 valence electrons. The molecule has 1 aliphatic rings. The van der Waals surface area contributed by atoms with Crippen molar-refractivity contribution in [3.63, 3.8) is 0 Å². The van der Waals surface area contributed by atoms with Crippen LogP contribution in [0.4, 0.5) is 4.79 Å². The SMILES string of the molecule is CC(C)(C)OC(=O)N1CCN(CCCNCc2cncs2)CC1. The Morgan fingerprint density at radius 2 is 2.09 bits per heavy atom. The molecule has 0 atom stereocenters. The van der Waals surface area contributed by atoms with E-state index in [-0.39, 0.29) is 6.09 Å². The van der Waals surface area contributed by atoms with Crippen molar-refractivity contribution in [2.24, 2.45) is 0 Å². The number of ether oxygens (including phenoxy) is 1. The molecule has 1 aliphatic heterocycles. The second-order valence-electron chi connectivity index (χ2n) is 6.81. The van der Waals surface area contributed by atoms with E-state index in [9.17, 15) is 4.79 Å². The molecule has 0 radical (unpaired) electrons. The highest BCUT2D eigenvalue weighted by Gasteiger charge is 2.25. The maximum absolute atomic E-state index is 12.0. The fourth-order valence-electron chi connectivity index (χ4n) is 2.45. The monoisotopic (exact) mass is 340 g/mol. The molecule has 1 fully saturated rings. The van der Waals surface area contributed by atoms with Gasteiger partial charge >= 0.3 is 6.09 Å². The van der Waals surface area contributed by atoms with Crippen LogP contribution in [0.15, 0.2) is 11.7 Å². The molecule has 7 heteroatoms. The third-order valence-electron chi connectivity index (χ3n) is 3.63. The Labute approximate surface area is 142 Å². The van der Waals surface area contributed by atoms with E-state index in [1.807, 2.05) is 37.4 Å². The first-order valence-corrected chi connectivity index (χ1v) is 9.10. The molecule has 0 unspecified atom stereocenters. The summed E-state index contributed by atoms with van der Waals surface area (Å²) in [5.41, 5.74) is 1.44. The highest BCUT2D eigenvalue weighted by molar-refractivity contribution is 7.09. The van der Waals surface area contributed by atoms with Crippen molar-refractivity contribution < 1.29 is 9.53 Å². The topological polar surface area (TPSA) is 57.7 Å². The number of rotatable bonds is 6. The molecule has 23 heavy (non-hydrogen) atoms. The molecule has 1 saturated heterocycles. The third kappa shape index (κ3) is 6.85. The lowest BCUT2D eigenvalue weighted by molar-refractivity contribution is 0.0144. The van der Waals surface area contributed by atoms with Crippen LogP contribution in [0.2, 0.25) is 0 Å². The first-order chi connectivity index (χ1) is 10.9. The molecule has 0 spiro atoms. The summed E-state index contributed by atoms with van der Waals surface area (Å²) in [6.45, 7) is 12.0. The van der Waals surface area contributed by atoms with Crippen LogP contribution < -0.4 is 5.32 Å². The Morgan fingerprint density at radius 3 is 2.70 bits per heavy atom. The predicted octanol–water partition coefficient (Wildman–Crippen LogP) is 2.18. The van der Waals surface area contributed by atoms with Crippen LogP contribution in [-0.4, -0.2) is 65.7 Å². The number of carbonyl (C=O) groups excluding carboxylic acids is 1. The molecule has 0 saturated carbocycles. The standard InChI is InChI=1S/C16H28N4O2S/c1-16(2,3)22-15(21)20-9-7-19(8-10-20)6-4-5-17-11-14-12-18-13-23-14/h12-13,17H,4-11H2,1-3H3. The van der Waals surface area contributed by atoms with Crippen LogP contribution in [0.1, 0.15) is 32.1 Å². The van der Waals surface area contributed by atoms with Gasteiger partial charge in [-0.2, -0.15) is 0 Å². The number of hydrogen-bond donors (Lipinski definition) is 1. The van der Waals surface area contributed by atoms with E-state index in [4.69, 9.17) is 4.74 Å². The van der Waals surface area contributed by atoms with Crippen LogP contribution >= 0.6 is 11.3 Å². The van der Waals surface area contributed by atoms with E-state index in [2.05, 4.69) is 15.2 Å². The Balaban J connectivity index is 1.55. The Bertz CT molecular complexity index is 465. The van der Waals surface area contributed by atoms with Gasteiger partial charge in [-0.05, 0) is 40.3 Å². The van der Waals surface area contributed by atoms with Gasteiger partial charge in [-0.25, -0.2) is 4.79 Å². The summed E-state index contributed by atoms with van der Waals surface area (Å²) < 4.78 is 5.42. The summed E-state index contributed by atoms with van der Waals surface area (Å²) in [6, 6.07) is 0. The number of carbonyl (C=O) groups is 1. The van der Waals surface area contributed by atoms with Gasteiger partial charge in [0.05, 0.1) is 5.51 Å². The van der Waals surface area contributed by atoms with Gasteiger partial charge in [0, 0.05) is 43.8 Å². The minimum absolute atomic E-state index is 0.191. The first kappa shape index (κ1) is 18.2. The van der Waals surface area contributed by atoms with Gasteiger partial charge in [0.2, 0.25) is 0 Å². The maximum atomic E-state index is 12.0. The highest BCUT2D eigenvalue weighted by Crippen LogP contribution is 2.12. The average molecular weight is 340 g/mol. The van der Waals surface area contributed by atoms with Crippen LogP contribution in [0.5, 0.6) is 0 Å². The van der Waals surface area contributed by atoms with Crippen LogP contribution in [0, 0.1) is 0 Å². The molecular weight excluding hydrogens is 312 g/mol. The number of hydrogen-bond acceptors (Lipinski definition) is 6. The van der Waals surface area contributed by atoms with Crippen LogP contribution in [0.25, 0.3) is 0 Å². The predicted molar refractivity (Wildman–Crippen MR) is 92.7 cm³/mol. The Morgan fingerprint density at radius 1 is 1.35 bits per heavy atom. The van der Waals surface area contributed by atoms with Gasteiger partial charge in [0.1, 0.15) is 5.60 Å². The molecule has 1 aromatic heterocycles. The van der Waals surface area contributed by atoms with Crippen molar-refractivity contribution in [1.82, 2.24) is 20.1 Å². The van der Waals surface area contributed by atoms with Crippen LogP contribution in [0.3, 0.4) is 0 Å². The van der Waals surface area contributed by atoms with Gasteiger partial charge < -0.3 is 15.0 Å². The average Bonchev–Trinajstić information content (AvgIpc) is 2.99. The summed E-state index contributed by atoms with van der Waals surface area (Å²) >= 11 is 1.68. The number of piperazine rings is 1. The zero-order valence-corrected chi connectivity index (χ0v) is 15.2. The summed E-state index contributed by atoms with van der Waals surface area (Å²) in [6.07, 6.45) is 2.84. The Kier molecular flexibility index (Phi) is 6.80. The molecule has 2 rings (SSSR count). The summed E-state index contributed by atoms with van der Waals surface area (Å²) in [7, 11) is 0. The van der Waals surface area contributed by atoms with Crippen molar-refractivity contribution >= 4 is 17.4 Å². The third-order valence-corrected chi connectivity index (χ3v) is 4.41. The number of amides is 1. The zero-order chi connectivity index (χ0) is 16.7. The summed E-state index contributed by atoms with van der Waals surface area (Å²) in [5, 5.41) is 3.44. The first-order valence-electron chi connectivity index (χ1n) is 8.22. The van der Waals surface area contributed by atoms with Gasteiger partial charge in [-0.1, -0.05) is 0 Å². The molecule has 2 heterocycles. The molecule has 1 N–H and O–H groups in total. The number of aromatic nitrogens is 1. The molecule has 0 aromatic carbocycles. The summed E-state index contributed by atoms with van der Waals surface area (Å²) in [4.78, 5) is 21.6. The maximum Gasteiger partial charge on any atom is 0.410 e. The van der Waals surface area contributed by atoms with E-state index >= 15 is 0 Å². The lowest BCUT2D eigenvalue weighted by Crippen LogP contribution is -2.50. The van der Waals surface area contributed by atoms with Gasteiger partial charge in [-0.15, -0.1) is 11.3 Å². The van der Waals surface area contributed by atoms with E-state index < -0.39 is 5.60 Å². The lowest BCUT2D eigenvalue weighted by atomic mass is 10.2. The van der Waals surface area contributed by atoms with E-state index in [0.29, 0.717) is 0 Å². The molecule has 6 nitrogen and oxygen atoms in total. The molecule has 1 amide bonds. The second-order valence-corrected chi connectivity index (χ2v) is 7.78. The van der Waals surface area contributed by atoms with Crippen molar-refractivity contribution in [1.29, 1.82) is 0 Å². The number of nitrogens with one attached hydrogen (secondary N) is 1. The second kappa shape index (κ2) is 8.61. The largest absolute Gasteiger partial charge is 0.444 e. The molecule has 1 aromatic rings. The molecule has 0 aliphatic carbocycles. The minimum atomic E-state index is -0.419. The smallest absolute Gasteiger partial charge is 0.410 e. The fraction of sp³-hybridized carbons (Fsp3) is 0.750. The highest BCUT2D eigenvalue weighted by atomic mass is 32.1. The quantitative estimate of drug-likeness (QED) is 0.805. The summed E-state index contributed by atoms with van der Waals surface area (Å²) in [5.74, 6) is 0. The van der Waals surface area contributed by atoms with Gasteiger partial charge in [0.25, 0.3) is 0 Å². The minimum Gasteiger partial charge on any atom is -0.444 e. The van der Waals surface area contributed by atoms with Crippen molar-refractivity contribution in [2.75, 3.05) is 39.3 Å². The van der Waals surface area contributed by atoms with Crippen molar-refractivity contribution in [3.8, 4) is 0 Å². The normalized spacial score (nSPS) is 16.6. The fourth-order valence-corrected chi connectivity index (χ4v) is 3.01. The van der Waals surface area contributed by atoms with Gasteiger partial charge in [-0.3, -0.25) is 9.88 Å². The number of thiazole rings is 1. The lowest BCUT2D eigenvalue weighted by Gasteiger charge is -2.35. The molecular formula is C16H28N4O2S. The van der Waals surface area contributed by atoms with Crippen molar-refractivity contribution in [2.45, 2.75) is 39.3 Å². The van der Waals surface area contributed by atoms with Gasteiger partial charge in [0.15, 0.2) is 0 Å². The van der Waals surface area contributed by atoms with E-state index in [1.54, 1.807) is 11.3 Å². The van der Waals surface area contributed by atoms with Crippen LogP contribution in [-0.2, 0) is 11.3 Å². The molecule has 0 bridgehead atoms. The Hall–Kier alpha value is -1.18.